The molecule has 0 amide bonds. The summed E-state index contributed by atoms with van der Waals surface area (Å²) in [4.78, 5) is 0. The standard InChI is InChI=1S/C30H46/c1-20-16-17-26-28(20)21(2)30(22(3)29(26,30)19-24-12-6-7-13-24)27(25-14-8-9-15-25)18-23-10-4-5-11-23/h8,14,21-27H,4-7,9-13,15-19H2,1-3H3. The first-order chi connectivity index (χ1) is 14.6. The molecule has 30 heavy (non-hydrogen) atoms. The summed E-state index contributed by atoms with van der Waals surface area (Å²) in [5.41, 5.74) is 5.12. The van der Waals surface area contributed by atoms with Gasteiger partial charge in [0.1, 0.15) is 0 Å². The van der Waals surface area contributed by atoms with E-state index in [1.165, 1.54) is 64.2 Å². The van der Waals surface area contributed by atoms with E-state index in [0.717, 1.165) is 41.4 Å². The van der Waals surface area contributed by atoms with Gasteiger partial charge < -0.3 is 0 Å². The molecule has 7 atom stereocenters. The number of rotatable bonds is 6. The van der Waals surface area contributed by atoms with E-state index in [1.807, 2.05) is 11.1 Å². The van der Waals surface area contributed by atoms with E-state index in [4.69, 9.17) is 0 Å². The minimum Gasteiger partial charge on any atom is -0.0882 e. The van der Waals surface area contributed by atoms with Crippen molar-refractivity contribution < 1.29 is 0 Å². The van der Waals surface area contributed by atoms with Crippen molar-refractivity contribution in [3.05, 3.63) is 23.3 Å². The topological polar surface area (TPSA) is 0 Å². The van der Waals surface area contributed by atoms with Gasteiger partial charge in [-0.1, -0.05) is 88.5 Å². The van der Waals surface area contributed by atoms with Crippen LogP contribution < -0.4 is 0 Å². The van der Waals surface area contributed by atoms with Crippen molar-refractivity contribution in [3.8, 4) is 0 Å². The summed E-state index contributed by atoms with van der Waals surface area (Å²) in [7, 11) is 0. The zero-order chi connectivity index (χ0) is 20.5. The van der Waals surface area contributed by atoms with Crippen LogP contribution >= 0.6 is 0 Å². The highest BCUT2D eigenvalue weighted by Crippen LogP contribution is 2.90. The first-order valence-electron chi connectivity index (χ1n) is 14.0. The lowest BCUT2D eigenvalue weighted by atomic mass is 9.65. The average molecular weight is 407 g/mol. The van der Waals surface area contributed by atoms with Crippen LogP contribution in [0.5, 0.6) is 0 Å². The van der Waals surface area contributed by atoms with Crippen molar-refractivity contribution in [2.24, 2.45) is 52.3 Å². The van der Waals surface area contributed by atoms with Gasteiger partial charge in [0, 0.05) is 0 Å². The molecule has 0 spiro atoms. The highest BCUT2D eigenvalue weighted by Gasteiger charge is 2.85. The molecule has 0 radical (unpaired) electrons. The molecule has 6 aliphatic carbocycles. The van der Waals surface area contributed by atoms with Crippen molar-refractivity contribution in [1.82, 2.24) is 0 Å². The normalized spacial score (nSPS) is 46.8. The summed E-state index contributed by atoms with van der Waals surface area (Å²) >= 11 is 0. The summed E-state index contributed by atoms with van der Waals surface area (Å²) < 4.78 is 0. The van der Waals surface area contributed by atoms with Crippen molar-refractivity contribution in [2.45, 2.75) is 111 Å². The van der Waals surface area contributed by atoms with Crippen LogP contribution in [0.4, 0.5) is 0 Å². The van der Waals surface area contributed by atoms with Gasteiger partial charge in [-0.05, 0) is 97.7 Å². The Morgan fingerprint density at radius 3 is 2.30 bits per heavy atom. The molecule has 6 rings (SSSR count). The number of hydrogen-bond acceptors (Lipinski definition) is 0. The lowest BCUT2D eigenvalue weighted by molar-refractivity contribution is 0.105. The van der Waals surface area contributed by atoms with E-state index in [2.05, 4.69) is 32.9 Å². The van der Waals surface area contributed by atoms with Crippen LogP contribution in [0.25, 0.3) is 0 Å². The molecule has 4 fully saturated rings. The molecule has 0 saturated heterocycles. The van der Waals surface area contributed by atoms with Gasteiger partial charge in [-0.3, -0.25) is 0 Å². The van der Waals surface area contributed by atoms with E-state index >= 15 is 0 Å². The summed E-state index contributed by atoms with van der Waals surface area (Å²) in [6.45, 7) is 7.98. The van der Waals surface area contributed by atoms with Gasteiger partial charge in [-0.15, -0.1) is 0 Å². The lowest BCUT2D eigenvalue weighted by Crippen LogP contribution is -2.33. The second-order valence-electron chi connectivity index (χ2n) is 12.8. The highest BCUT2D eigenvalue weighted by atomic mass is 14.9. The van der Waals surface area contributed by atoms with Crippen LogP contribution in [0.15, 0.2) is 23.3 Å². The Morgan fingerprint density at radius 1 is 0.933 bits per heavy atom. The van der Waals surface area contributed by atoms with Crippen LogP contribution in [0.1, 0.15) is 111 Å². The first kappa shape index (κ1) is 20.1. The molecular weight excluding hydrogens is 360 g/mol. The summed E-state index contributed by atoms with van der Waals surface area (Å²) in [5.74, 6) is 6.74. The molecule has 0 heteroatoms. The fourth-order valence-electron chi connectivity index (χ4n) is 11.1. The highest BCUT2D eigenvalue weighted by molar-refractivity contribution is 5.46. The maximum Gasteiger partial charge on any atom is -0.0104 e. The summed E-state index contributed by atoms with van der Waals surface area (Å²) in [5, 5.41) is 0. The number of hydrogen-bond donors (Lipinski definition) is 0. The van der Waals surface area contributed by atoms with E-state index in [0.29, 0.717) is 10.8 Å². The van der Waals surface area contributed by atoms with Gasteiger partial charge in [0.25, 0.3) is 0 Å². The van der Waals surface area contributed by atoms with Gasteiger partial charge in [0.15, 0.2) is 0 Å². The predicted molar refractivity (Wildman–Crippen MR) is 127 cm³/mol. The Labute approximate surface area is 186 Å². The van der Waals surface area contributed by atoms with Gasteiger partial charge in [0.05, 0.1) is 0 Å². The van der Waals surface area contributed by atoms with Crippen LogP contribution in [0.2, 0.25) is 0 Å². The molecule has 0 aliphatic heterocycles. The molecule has 7 unspecified atom stereocenters. The van der Waals surface area contributed by atoms with E-state index in [1.54, 1.807) is 25.7 Å². The van der Waals surface area contributed by atoms with Crippen molar-refractivity contribution in [1.29, 1.82) is 0 Å². The third-order valence-electron chi connectivity index (χ3n) is 12.0. The molecule has 0 heterocycles. The minimum atomic E-state index is 0.638. The van der Waals surface area contributed by atoms with E-state index in [-0.39, 0.29) is 0 Å². The molecule has 0 nitrogen and oxygen atoms in total. The van der Waals surface area contributed by atoms with Crippen molar-refractivity contribution in [2.75, 3.05) is 0 Å². The molecule has 6 aliphatic rings. The van der Waals surface area contributed by atoms with Crippen LogP contribution in [-0.2, 0) is 0 Å². The Balaban J connectivity index is 1.42. The molecule has 166 valence electrons. The number of fused-ring (bicyclic) bond motifs is 3. The fraction of sp³-hybridized carbons (Fsp3) is 0.867. The van der Waals surface area contributed by atoms with Crippen molar-refractivity contribution in [3.63, 3.8) is 0 Å². The largest absolute Gasteiger partial charge is 0.0882 e. The molecular formula is C30H46. The van der Waals surface area contributed by atoms with Gasteiger partial charge in [-0.25, -0.2) is 0 Å². The molecule has 0 aromatic carbocycles. The van der Waals surface area contributed by atoms with Gasteiger partial charge >= 0.3 is 0 Å². The maximum absolute atomic E-state index is 2.75. The molecule has 0 bridgehead atoms. The van der Waals surface area contributed by atoms with Gasteiger partial charge in [0.2, 0.25) is 0 Å². The van der Waals surface area contributed by atoms with Gasteiger partial charge in [-0.2, -0.15) is 0 Å². The quantitative estimate of drug-likeness (QED) is 0.387. The molecule has 0 N–H and O–H groups in total. The zero-order valence-electron chi connectivity index (χ0n) is 20.1. The summed E-state index contributed by atoms with van der Waals surface area (Å²) in [6.07, 6.45) is 26.3. The Bertz CT molecular complexity index is 729. The fourth-order valence-corrected chi connectivity index (χ4v) is 11.1. The third kappa shape index (κ3) is 2.52. The lowest BCUT2D eigenvalue weighted by Gasteiger charge is -2.39. The third-order valence-corrected chi connectivity index (χ3v) is 12.0. The first-order valence-corrected chi connectivity index (χ1v) is 14.0. The van der Waals surface area contributed by atoms with Crippen LogP contribution in [0, 0.1) is 52.3 Å². The summed E-state index contributed by atoms with van der Waals surface area (Å²) in [6, 6.07) is 0. The second kappa shape index (κ2) is 7.25. The minimum absolute atomic E-state index is 0.638. The van der Waals surface area contributed by atoms with Crippen LogP contribution in [0.3, 0.4) is 0 Å². The van der Waals surface area contributed by atoms with E-state index < -0.39 is 0 Å². The molecule has 0 aromatic rings. The van der Waals surface area contributed by atoms with E-state index in [9.17, 15) is 0 Å². The van der Waals surface area contributed by atoms with Crippen LogP contribution in [-0.4, -0.2) is 0 Å². The Kier molecular flexibility index (Phi) is 4.86. The monoisotopic (exact) mass is 406 g/mol. The zero-order valence-corrected chi connectivity index (χ0v) is 20.1. The SMILES string of the molecule is CC1=C2C(CC1)C1(CC3CCCC3)C(C)C1(C(CC1CCCC1)C1C=CCC1)C2C. The molecule has 4 saturated carbocycles. The average Bonchev–Trinajstić information content (AvgIpc) is 3.44. The van der Waals surface area contributed by atoms with Crippen molar-refractivity contribution >= 4 is 0 Å². The second-order valence-corrected chi connectivity index (χ2v) is 12.8. The Morgan fingerprint density at radius 2 is 1.63 bits per heavy atom. The smallest absolute Gasteiger partial charge is 0.0104 e. The predicted octanol–water partition coefficient (Wildman–Crippen LogP) is 8.73. The molecule has 0 aromatic heterocycles. The number of allylic oxidation sites excluding steroid dienone is 4. The maximum atomic E-state index is 2.75. The Hall–Kier alpha value is -0.520.